The normalized spacial score (nSPS) is 19.5. The van der Waals surface area contributed by atoms with E-state index in [-0.39, 0.29) is 12.4 Å². The molecule has 1 aliphatic rings. The molecular formula is C11H14BrClN4O. The number of nitrogens with zero attached hydrogens (tertiary/aromatic N) is 2. The summed E-state index contributed by atoms with van der Waals surface area (Å²) in [5.74, 6) is 1.71. The largest absolute Gasteiger partial charge is 0.357 e. The molecule has 1 unspecified atom stereocenters. The summed E-state index contributed by atoms with van der Waals surface area (Å²) in [6, 6.07) is 1.94. The number of hydrogen-bond acceptors (Lipinski definition) is 4. The van der Waals surface area contributed by atoms with Crippen molar-refractivity contribution in [1.29, 1.82) is 0 Å². The fourth-order valence-electron chi connectivity index (χ4n) is 2.07. The number of aromatic nitrogens is 3. The Morgan fingerprint density at radius 2 is 2.33 bits per heavy atom. The van der Waals surface area contributed by atoms with E-state index in [0.717, 1.165) is 42.0 Å². The van der Waals surface area contributed by atoms with Crippen molar-refractivity contribution in [3.8, 4) is 11.5 Å². The van der Waals surface area contributed by atoms with Gasteiger partial charge in [-0.05, 0) is 41.4 Å². The summed E-state index contributed by atoms with van der Waals surface area (Å²) in [6.45, 7) is 2.01. The van der Waals surface area contributed by atoms with Crippen LogP contribution in [0.4, 0.5) is 0 Å². The van der Waals surface area contributed by atoms with Crippen molar-refractivity contribution >= 4 is 28.3 Å². The van der Waals surface area contributed by atoms with Crippen LogP contribution in [0.25, 0.3) is 11.5 Å². The second-order valence-electron chi connectivity index (χ2n) is 4.23. The van der Waals surface area contributed by atoms with Gasteiger partial charge < -0.3 is 14.8 Å². The monoisotopic (exact) mass is 332 g/mol. The van der Waals surface area contributed by atoms with Gasteiger partial charge >= 0.3 is 0 Å². The third-order valence-corrected chi connectivity index (χ3v) is 3.43. The fraction of sp³-hybridized carbons (Fsp3) is 0.455. The van der Waals surface area contributed by atoms with E-state index in [2.05, 4.69) is 36.4 Å². The first-order valence-corrected chi connectivity index (χ1v) is 6.51. The molecule has 1 aliphatic heterocycles. The molecule has 0 bridgehead atoms. The van der Waals surface area contributed by atoms with Crippen LogP contribution in [0.3, 0.4) is 0 Å². The van der Waals surface area contributed by atoms with E-state index in [1.165, 1.54) is 0 Å². The highest BCUT2D eigenvalue weighted by Gasteiger charge is 2.21. The summed E-state index contributed by atoms with van der Waals surface area (Å²) in [5, 5.41) is 7.35. The topological polar surface area (TPSA) is 66.7 Å². The van der Waals surface area contributed by atoms with E-state index in [1.54, 1.807) is 0 Å². The fourth-order valence-corrected chi connectivity index (χ4v) is 2.41. The van der Waals surface area contributed by atoms with Crippen LogP contribution in [0.1, 0.15) is 24.7 Å². The maximum atomic E-state index is 5.33. The lowest BCUT2D eigenvalue weighted by atomic mass is 10.00. The van der Waals surface area contributed by atoms with E-state index in [4.69, 9.17) is 4.52 Å². The zero-order valence-corrected chi connectivity index (χ0v) is 12.1. The summed E-state index contributed by atoms with van der Waals surface area (Å²) in [4.78, 5) is 7.54. The molecule has 1 atom stereocenters. The molecule has 0 aromatic carbocycles. The SMILES string of the molecule is Brc1c[nH]c(-c2noc(C3CCCNC3)n2)c1.Cl. The highest BCUT2D eigenvalue weighted by Crippen LogP contribution is 2.25. The minimum absolute atomic E-state index is 0. The molecule has 2 aromatic rings. The maximum Gasteiger partial charge on any atom is 0.231 e. The van der Waals surface area contributed by atoms with Crippen molar-refractivity contribution in [3.05, 3.63) is 22.6 Å². The van der Waals surface area contributed by atoms with Crippen LogP contribution in [-0.2, 0) is 0 Å². The number of rotatable bonds is 2. The molecule has 0 saturated carbocycles. The Morgan fingerprint density at radius 3 is 3.00 bits per heavy atom. The first-order chi connectivity index (χ1) is 8.33. The Labute approximate surface area is 119 Å². The Balaban J connectivity index is 0.00000120. The first-order valence-electron chi connectivity index (χ1n) is 5.71. The Kier molecular flexibility index (Phi) is 4.42. The second kappa shape index (κ2) is 5.86. The molecule has 0 radical (unpaired) electrons. The van der Waals surface area contributed by atoms with Crippen LogP contribution in [0.15, 0.2) is 21.3 Å². The molecule has 2 aromatic heterocycles. The molecule has 3 rings (SSSR count). The smallest absolute Gasteiger partial charge is 0.231 e. The zero-order valence-electron chi connectivity index (χ0n) is 9.65. The second-order valence-corrected chi connectivity index (χ2v) is 5.15. The highest BCUT2D eigenvalue weighted by molar-refractivity contribution is 9.10. The van der Waals surface area contributed by atoms with Gasteiger partial charge in [0.15, 0.2) is 0 Å². The minimum atomic E-state index is 0. The molecule has 0 spiro atoms. The molecule has 3 heterocycles. The molecule has 0 amide bonds. The maximum absolute atomic E-state index is 5.33. The van der Waals surface area contributed by atoms with Crippen molar-refractivity contribution < 1.29 is 4.52 Å². The van der Waals surface area contributed by atoms with Crippen LogP contribution in [0.2, 0.25) is 0 Å². The van der Waals surface area contributed by atoms with Crippen LogP contribution in [0, 0.1) is 0 Å². The van der Waals surface area contributed by atoms with Crippen molar-refractivity contribution in [3.63, 3.8) is 0 Å². The average molecular weight is 334 g/mol. The number of halogens is 2. The quantitative estimate of drug-likeness (QED) is 0.887. The number of nitrogens with one attached hydrogen (secondary N) is 2. The minimum Gasteiger partial charge on any atom is -0.357 e. The van der Waals surface area contributed by atoms with E-state index < -0.39 is 0 Å². The third kappa shape index (κ3) is 2.76. The van der Waals surface area contributed by atoms with Crippen LogP contribution < -0.4 is 5.32 Å². The van der Waals surface area contributed by atoms with Gasteiger partial charge in [0.2, 0.25) is 11.7 Å². The number of aromatic amines is 1. The van der Waals surface area contributed by atoms with Gasteiger partial charge in [-0.3, -0.25) is 0 Å². The van der Waals surface area contributed by atoms with Gasteiger partial charge in [0.05, 0.1) is 11.6 Å². The summed E-state index contributed by atoms with van der Waals surface area (Å²) in [5.41, 5.74) is 0.871. The predicted molar refractivity (Wildman–Crippen MR) is 73.9 cm³/mol. The number of H-pyrrole nitrogens is 1. The average Bonchev–Trinajstić information content (AvgIpc) is 2.98. The van der Waals surface area contributed by atoms with Gasteiger partial charge in [-0.25, -0.2) is 0 Å². The molecule has 18 heavy (non-hydrogen) atoms. The summed E-state index contributed by atoms with van der Waals surface area (Å²) in [7, 11) is 0. The van der Waals surface area contributed by atoms with E-state index >= 15 is 0 Å². The lowest BCUT2D eigenvalue weighted by molar-refractivity contribution is 0.322. The van der Waals surface area contributed by atoms with Crippen molar-refractivity contribution in [2.24, 2.45) is 0 Å². The summed E-state index contributed by atoms with van der Waals surface area (Å²) < 4.78 is 6.32. The van der Waals surface area contributed by atoms with E-state index in [9.17, 15) is 0 Å². The van der Waals surface area contributed by atoms with Gasteiger partial charge in [-0.15, -0.1) is 12.4 Å². The first kappa shape index (κ1) is 13.6. The lowest BCUT2D eigenvalue weighted by Crippen LogP contribution is -2.28. The number of piperidine rings is 1. The standard InChI is InChI=1S/C11H13BrN4O.ClH/c12-8-4-9(14-6-8)10-15-11(17-16-10)7-2-1-3-13-5-7;/h4,6-7,13-14H,1-3,5H2;1H. The van der Waals surface area contributed by atoms with Gasteiger partial charge in [-0.1, -0.05) is 5.16 Å². The van der Waals surface area contributed by atoms with E-state index in [0.29, 0.717) is 11.7 Å². The summed E-state index contributed by atoms with van der Waals surface area (Å²) in [6.07, 6.45) is 4.13. The van der Waals surface area contributed by atoms with Crippen molar-refractivity contribution in [2.75, 3.05) is 13.1 Å². The Morgan fingerprint density at radius 1 is 1.44 bits per heavy atom. The van der Waals surface area contributed by atoms with Crippen molar-refractivity contribution in [1.82, 2.24) is 20.4 Å². The molecule has 7 heteroatoms. The highest BCUT2D eigenvalue weighted by atomic mass is 79.9. The van der Waals surface area contributed by atoms with Crippen LogP contribution in [0.5, 0.6) is 0 Å². The van der Waals surface area contributed by atoms with Gasteiger partial charge in [-0.2, -0.15) is 4.98 Å². The Bertz CT molecular complexity index is 507. The number of hydrogen-bond donors (Lipinski definition) is 2. The predicted octanol–water partition coefficient (Wildman–Crippen LogP) is 2.72. The van der Waals surface area contributed by atoms with E-state index in [1.807, 2.05) is 12.3 Å². The molecule has 0 aliphatic carbocycles. The van der Waals surface area contributed by atoms with Crippen molar-refractivity contribution in [2.45, 2.75) is 18.8 Å². The lowest BCUT2D eigenvalue weighted by Gasteiger charge is -2.18. The third-order valence-electron chi connectivity index (χ3n) is 2.98. The van der Waals surface area contributed by atoms with Gasteiger partial charge in [0.1, 0.15) is 0 Å². The molecule has 2 N–H and O–H groups in total. The molecular weight excluding hydrogens is 320 g/mol. The van der Waals surface area contributed by atoms with Crippen LogP contribution >= 0.6 is 28.3 Å². The van der Waals surface area contributed by atoms with Gasteiger partial charge in [0, 0.05) is 17.2 Å². The Hall–Kier alpha value is -0.850. The zero-order chi connectivity index (χ0) is 11.7. The summed E-state index contributed by atoms with van der Waals surface area (Å²) >= 11 is 3.39. The van der Waals surface area contributed by atoms with Crippen LogP contribution in [-0.4, -0.2) is 28.2 Å². The molecule has 98 valence electrons. The van der Waals surface area contributed by atoms with Gasteiger partial charge in [0.25, 0.3) is 0 Å². The molecule has 1 saturated heterocycles. The molecule has 1 fully saturated rings. The molecule has 5 nitrogen and oxygen atoms in total.